The van der Waals surface area contributed by atoms with Crippen LogP contribution in [0.4, 0.5) is 57.3 Å². The maximum atomic E-state index is 13.7. The van der Waals surface area contributed by atoms with Crippen molar-refractivity contribution in [1.82, 2.24) is 97.4 Å². The van der Waals surface area contributed by atoms with Crippen LogP contribution in [0.25, 0.3) is 0 Å². The minimum absolute atomic E-state index is 0.0315. The van der Waals surface area contributed by atoms with E-state index in [2.05, 4.69) is 173 Å². The van der Waals surface area contributed by atoms with Crippen molar-refractivity contribution in [2.45, 2.75) is 64.2 Å². The molecule has 0 aliphatic heterocycles. The van der Waals surface area contributed by atoms with Crippen LogP contribution < -0.4 is 101 Å². The monoisotopic (exact) mass is 2040 g/mol. The molecule has 0 unspecified atom stereocenters. The molecule has 16 N–H and O–H groups in total. The summed E-state index contributed by atoms with van der Waals surface area (Å²) in [4.78, 5) is 227. The van der Waals surface area contributed by atoms with Crippen LogP contribution >= 0.6 is 7.26 Å². The van der Waals surface area contributed by atoms with Gasteiger partial charge in [0, 0.05) is 185 Å². The predicted molar refractivity (Wildman–Crippen MR) is 561 cm³/mol. The van der Waals surface area contributed by atoms with Crippen molar-refractivity contribution in [2.24, 2.45) is 70.5 Å². The zero-order chi connectivity index (χ0) is 106. The van der Waals surface area contributed by atoms with Crippen molar-refractivity contribution in [2.75, 3.05) is 119 Å². The molecule has 0 saturated heterocycles. The molecule has 0 atom stereocenters. The third kappa shape index (κ3) is 28.4. The average molecular weight is 2040 g/mol. The molecule has 148 heavy (non-hydrogen) atoms. The van der Waals surface area contributed by atoms with Crippen LogP contribution in [-0.4, -0.2) is 226 Å². The van der Waals surface area contributed by atoms with E-state index in [1.807, 2.05) is 37.2 Å². The van der Waals surface area contributed by atoms with E-state index < -0.39 is 90.0 Å². The van der Waals surface area contributed by atoms with Gasteiger partial charge in [-0.15, -0.1) is 0 Å². The van der Waals surface area contributed by atoms with Crippen molar-refractivity contribution in [1.29, 1.82) is 0 Å². The number of rotatable bonds is 48. The van der Waals surface area contributed by atoms with Gasteiger partial charge in [-0.2, -0.15) is 0 Å². The summed E-state index contributed by atoms with van der Waals surface area (Å²) >= 11 is 0. The first-order valence-corrected chi connectivity index (χ1v) is 49.8. The molecule has 0 radical (unpaired) electrons. The number of carbonyl (C=O) groups excluding carboxylic acids is 16. The first-order valence-electron chi connectivity index (χ1n) is 47.6. The van der Waals surface area contributed by atoms with Gasteiger partial charge in [0.1, 0.15) is 39.9 Å². The van der Waals surface area contributed by atoms with E-state index in [0.29, 0.717) is 30.8 Å². The van der Waals surface area contributed by atoms with Crippen LogP contribution in [0.1, 0.15) is 169 Å². The van der Waals surface area contributed by atoms with Gasteiger partial charge >= 0.3 is 202 Å². The van der Waals surface area contributed by atoms with Crippen LogP contribution in [0.5, 0.6) is 0 Å². The molecule has 3 aromatic carbocycles. The topological polar surface area (TPSA) is 557 Å². The summed E-state index contributed by atoms with van der Waals surface area (Å²) in [7, 11) is 17.4. The number of nitrogens with zero attached hydrogens (tertiary/aromatic N) is 14. The number of hydrogen-bond donors (Lipinski definition) is 16. The third-order valence-corrected chi connectivity index (χ3v) is 29.2. The Morgan fingerprint density at radius 2 is 0.500 bits per heavy atom. The number of aryl methyl sites for hydroxylation is 10. The molecular formula is C101H121N30O16P. The van der Waals surface area contributed by atoms with Crippen LogP contribution in [0, 0.1) is 0 Å². The standard InChI is InChI=1S/C101H121N30O16P/c1-121(2)44-25-39-102-84(133)34-41-105-92(138)73-48-66(56-122(73)3)111-96(142)77-52-69(59-127(77)8)114-101(147)91-118-81(61-131(91)12)116-88(137)37-43-107-94(140)75-49-65(55-124(75)5)110-95(141)76-46-63(53-125(76)6)108-85(134)33-24-38-104-99(145)89-119-82(62-129(89)10)120-98(144)79-47-64(54-126(79)7)109-86(135)36-42-106-93(139)74-50-67(57-123(74)4)112-97(143)78-51-68(58-128(78)9)113-100(146)90-117-80(60-130(90)11)115-87(136)35-40-103-83(132)32-22-23-45-148(70-26-16-13-17-27-70,71-28-18-14-19-29-71)72-30-20-15-21-31-72/h13-21,26-31,46-62,148H,22-25,32-45H2,1-12H3,(H,102,133)(H,103,132)(H,104,145)(H,105,138)(H,106,139)(H,107,140)(H,108,134)(H,109,135)(H,110,141)(H,111,142)(H,112,143)(H,113,146)(H,114,147)(H,115,136)(H,116,137)(H,120,144). The molecule has 0 bridgehead atoms. The smallest absolute Gasteiger partial charge is 0.344 e. The number of hydrogen-bond acceptors (Lipinski definition) is 20. The van der Waals surface area contributed by atoms with Crippen LogP contribution in [0.2, 0.25) is 0 Å². The van der Waals surface area contributed by atoms with Crippen molar-refractivity contribution in [3.8, 4) is 0 Å². The summed E-state index contributed by atoms with van der Waals surface area (Å²) in [6.45, 7) is 1.43. The fourth-order valence-electron chi connectivity index (χ4n) is 16.8. The molecule has 10 aromatic heterocycles. The number of carbonyl (C=O) groups is 16. The van der Waals surface area contributed by atoms with E-state index in [1.165, 1.54) is 160 Å². The van der Waals surface area contributed by atoms with Gasteiger partial charge in [-0.25, -0.2) is 9.97 Å². The Bertz CT molecular complexity index is 7020. The average Bonchev–Trinajstić information content (AvgIpc) is 1.58. The summed E-state index contributed by atoms with van der Waals surface area (Å²) in [5.74, 6) is -7.86. The molecule has 0 spiro atoms. The van der Waals surface area contributed by atoms with Gasteiger partial charge in [-0.05, 0) is 75.9 Å². The summed E-state index contributed by atoms with van der Waals surface area (Å²) in [5.41, 5.74) is 3.12. The van der Waals surface area contributed by atoms with Crippen LogP contribution in [0.3, 0.4) is 0 Å². The molecule has 776 valence electrons. The number of aromatic nitrogens is 13. The van der Waals surface area contributed by atoms with Gasteiger partial charge in [-0.1, -0.05) is 0 Å². The van der Waals surface area contributed by atoms with Crippen molar-refractivity contribution >= 4 is 175 Å². The van der Waals surface area contributed by atoms with Crippen molar-refractivity contribution in [3.63, 3.8) is 0 Å². The first kappa shape index (κ1) is 107. The van der Waals surface area contributed by atoms with E-state index in [1.54, 1.807) is 76.7 Å². The van der Waals surface area contributed by atoms with E-state index in [0.717, 1.165) is 25.5 Å². The molecule has 46 nitrogen and oxygen atoms in total. The van der Waals surface area contributed by atoms with E-state index in [-0.39, 0.29) is 186 Å². The van der Waals surface area contributed by atoms with Gasteiger partial charge < -0.3 is 125 Å². The zero-order valence-corrected chi connectivity index (χ0v) is 85.0. The van der Waals surface area contributed by atoms with Gasteiger partial charge in [0.15, 0.2) is 11.6 Å². The summed E-state index contributed by atoms with van der Waals surface area (Å²) in [5, 5.41) is 47.6. The number of unbranched alkanes of at least 4 members (excludes halogenated alkanes) is 1. The van der Waals surface area contributed by atoms with Crippen molar-refractivity contribution in [3.05, 3.63) is 253 Å². The summed E-state index contributed by atoms with van der Waals surface area (Å²) in [6, 6.07) is 42.0. The van der Waals surface area contributed by atoms with Crippen LogP contribution in [0.15, 0.2) is 195 Å². The molecule has 0 saturated carbocycles. The maximum absolute atomic E-state index is 13.7. The van der Waals surface area contributed by atoms with E-state index in [9.17, 15) is 76.7 Å². The Morgan fingerprint density at radius 3 is 0.851 bits per heavy atom. The second-order valence-electron chi connectivity index (χ2n) is 35.9. The summed E-state index contributed by atoms with van der Waals surface area (Å²) in [6.07, 6.45) is 18.4. The van der Waals surface area contributed by atoms with Gasteiger partial charge in [0.05, 0.1) is 39.8 Å². The van der Waals surface area contributed by atoms with E-state index in [4.69, 9.17) is 0 Å². The molecule has 0 fully saturated rings. The normalized spacial score (nSPS) is 11.2. The first-order chi connectivity index (χ1) is 70.8. The zero-order valence-electron chi connectivity index (χ0n) is 84.0. The summed E-state index contributed by atoms with van der Waals surface area (Å²) < 4.78 is 14.7. The Labute approximate surface area is 851 Å². The van der Waals surface area contributed by atoms with Crippen molar-refractivity contribution < 1.29 is 76.7 Å². The minimum atomic E-state index is -2.44. The van der Waals surface area contributed by atoms with Gasteiger partial charge in [-0.3, -0.25) is 67.1 Å². The molecule has 13 rings (SSSR count). The fourth-order valence-corrected chi connectivity index (χ4v) is 21.7. The van der Waals surface area contributed by atoms with Gasteiger partial charge in [0.2, 0.25) is 41.1 Å². The molecule has 0 aliphatic carbocycles. The number of anilines is 10. The Balaban J connectivity index is 0.472. The third-order valence-electron chi connectivity index (χ3n) is 24.1. The molecule has 10 heterocycles. The quantitative estimate of drug-likeness (QED) is 0.0154. The van der Waals surface area contributed by atoms with Crippen LogP contribution in [-0.2, 0) is 99.2 Å². The molecule has 0 aliphatic rings. The minimum Gasteiger partial charge on any atom is -0.344 e. The SMILES string of the molecule is CN(C)CCCNC(=O)CCNC(=O)c1cc(NC(=O)c2cc(NC(=O)c3nc(NC(=O)CCNC(=O)c4cc(NC(=O)c5cc(NC(=O)CCCNC(=O)c6nc(NC(=O)c7cc(NC(=O)CCNC(=O)c8cc(NC(=O)c9cc(NC(=O)c%10nc(NC(=O)CCNC(=O)CCCC[PH](c%11ccccc%11)(c%11ccccc%11)c%11ccccc%11)cn%10C)cn9C)cn8C)cn7C)cn6C)cn5C)cn4C)cn3C)cn2C)cn1C. The molecule has 16 amide bonds. The molecule has 13 aromatic rings. The Morgan fingerprint density at radius 1 is 0.243 bits per heavy atom. The molecule has 47 heteroatoms. The van der Waals surface area contributed by atoms with Gasteiger partial charge in [0.25, 0.3) is 59.1 Å². The number of benzene rings is 3. The second-order valence-corrected chi connectivity index (χ2v) is 39.9. The number of imidazole rings is 3. The second kappa shape index (κ2) is 49.4. The molecular weight excluding hydrogens is 1920 g/mol. The Hall–Kier alpha value is -17.8. The number of amides is 16. The fraction of sp³-hybridized carbons (Fsp3) is 0.297. The Kier molecular flexibility index (Phi) is 35.9. The predicted octanol–water partition coefficient (Wildman–Crippen LogP) is 5.97. The number of nitrogens with one attached hydrogen (secondary N) is 16. The van der Waals surface area contributed by atoms with E-state index >= 15 is 0 Å².